The predicted octanol–water partition coefficient (Wildman–Crippen LogP) is 4.04. The van der Waals surface area contributed by atoms with Crippen LogP contribution in [0, 0.1) is 5.92 Å². The van der Waals surface area contributed by atoms with Gasteiger partial charge in [-0.3, -0.25) is 4.79 Å². The number of benzene rings is 1. The van der Waals surface area contributed by atoms with Crippen molar-refractivity contribution < 1.29 is 14.3 Å². The molecular weight excluding hydrogens is 284 g/mol. The number of ether oxygens (including phenoxy) is 2. The van der Waals surface area contributed by atoms with Crippen LogP contribution in [-0.2, 0) is 14.3 Å². The zero-order valence-electron chi connectivity index (χ0n) is 12.5. The number of hydrogen-bond donors (Lipinski definition) is 0. The van der Waals surface area contributed by atoms with Crippen molar-refractivity contribution in [2.24, 2.45) is 5.92 Å². The molecule has 0 saturated heterocycles. The van der Waals surface area contributed by atoms with Crippen LogP contribution in [0.4, 0.5) is 0 Å². The van der Waals surface area contributed by atoms with Crippen LogP contribution in [0.2, 0.25) is 0 Å². The molecule has 1 heterocycles. The van der Waals surface area contributed by atoms with Crippen molar-refractivity contribution in [3.63, 3.8) is 0 Å². The Labute approximate surface area is 130 Å². The molecule has 1 aromatic carbocycles. The summed E-state index contributed by atoms with van der Waals surface area (Å²) < 4.78 is 10.9. The fourth-order valence-electron chi connectivity index (χ4n) is 2.36. The Hall–Kier alpha value is -1.42. The van der Waals surface area contributed by atoms with Crippen LogP contribution in [-0.4, -0.2) is 23.9 Å². The molecule has 4 heteroatoms. The summed E-state index contributed by atoms with van der Waals surface area (Å²) in [6.45, 7) is 3.68. The van der Waals surface area contributed by atoms with Crippen LogP contribution in [0.1, 0.15) is 26.7 Å². The van der Waals surface area contributed by atoms with Crippen LogP contribution in [0.15, 0.2) is 47.6 Å². The predicted molar refractivity (Wildman–Crippen MR) is 85.1 cm³/mol. The molecule has 3 atom stereocenters. The fourth-order valence-corrected chi connectivity index (χ4v) is 3.32. The van der Waals surface area contributed by atoms with Crippen molar-refractivity contribution in [3.8, 4) is 0 Å². The molecular formula is C17H22O3S. The van der Waals surface area contributed by atoms with Gasteiger partial charge in [0.15, 0.2) is 0 Å². The summed E-state index contributed by atoms with van der Waals surface area (Å²) in [7, 11) is 0. The molecule has 0 saturated carbocycles. The van der Waals surface area contributed by atoms with Crippen LogP contribution >= 0.6 is 11.8 Å². The minimum Gasteiger partial charge on any atom is -0.498 e. The molecule has 0 N–H and O–H groups in total. The lowest BCUT2D eigenvalue weighted by Crippen LogP contribution is -2.27. The lowest BCUT2D eigenvalue weighted by atomic mass is 9.99. The minimum absolute atomic E-state index is 0.130. The lowest BCUT2D eigenvalue weighted by Gasteiger charge is -2.27. The number of carbonyl (C=O) groups excluding carboxylic acids is 1. The topological polar surface area (TPSA) is 35.5 Å². The fraction of sp³-hybridized carbons (Fsp3) is 0.471. The Bertz CT molecular complexity index is 472. The van der Waals surface area contributed by atoms with Gasteiger partial charge in [-0.25, -0.2) is 0 Å². The monoisotopic (exact) mass is 306 g/mol. The Morgan fingerprint density at radius 3 is 2.90 bits per heavy atom. The standard InChI is InChI=1S/C17H22O3S/c1-13(12-21-17-6-4-3-5-7-17)10-16-11-15(8-9-19-16)20-14(2)18/h3-9,13,15-16H,10-12H2,1-2H3/t13-,15-,16-/m1/s1. The smallest absolute Gasteiger partial charge is 0.303 e. The summed E-state index contributed by atoms with van der Waals surface area (Å²) in [5.74, 6) is 1.37. The van der Waals surface area contributed by atoms with E-state index in [-0.39, 0.29) is 18.2 Å². The molecule has 2 rings (SSSR count). The normalized spacial score (nSPS) is 22.4. The third-order valence-corrected chi connectivity index (χ3v) is 4.66. The molecule has 114 valence electrons. The molecule has 0 fully saturated rings. The number of hydrogen-bond acceptors (Lipinski definition) is 4. The molecule has 0 bridgehead atoms. The van der Waals surface area contributed by atoms with E-state index in [1.165, 1.54) is 11.8 Å². The number of carbonyl (C=O) groups is 1. The SMILES string of the molecule is CC(=O)O[C@@H]1C=CO[C@H](C[C@@H](C)CSc2ccccc2)C1. The van der Waals surface area contributed by atoms with E-state index < -0.39 is 0 Å². The zero-order chi connectivity index (χ0) is 15.1. The first-order valence-corrected chi connectivity index (χ1v) is 8.29. The van der Waals surface area contributed by atoms with Crippen molar-refractivity contribution in [1.82, 2.24) is 0 Å². The van der Waals surface area contributed by atoms with E-state index in [4.69, 9.17) is 9.47 Å². The maximum Gasteiger partial charge on any atom is 0.303 e. The van der Waals surface area contributed by atoms with Crippen LogP contribution < -0.4 is 0 Å². The van der Waals surface area contributed by atoms with Gasteiger partial charge in [-0.2, -0.15) is 0 Å². The number of esters is 1. The highest BCUT2D eigenvalue weighted by molar-refractivity contribution is 7.99. The molecule has 1 aliphatic heterocycles. The zero-order valence-corrected chi connectivity index (χ0v) is 13.3. The van der Waals surface area contributed by atoms with E-state index in [9.17, 15) is 4.79 Å². The minimum atomic E-state index is -0.238. The summed E-state index contributed by atoms with van der Waals surface area (Å²) in [6.07, 6.45) is 5.18. The molecule has 1 aliphatic rings. The number of rotatable bonds is 6. The van der Waals surface area contributed by atoms with Crippen molar-refractivity contribution in [2.75, 3.05) is 5.75 Å². The summed E-state index contributed by atoms with van der Waals surface area (Å²) in [5.41, 5.74) is 0. The maximum atomic E-state index is 11.0. The van der Waals surface area contributed by atoms with Gasteiger partial charge in [-0.05, 0) is 30.5 Å². The van der Waals surface area contributed by atoms with E-state index in [2.05, 4.69) is 31.2 Å². The first kappa shape index (κ1) is 16.0. The second-order valence-electron chi connectivity index (χ2n) is 5.44. The average Bonchev–Trinajstić information content (AvgIpc) is 2.46. The van der Waals surface area contributed by atoms with E-state index >= 15 is 0 Å². The first-order chi connectivity index (χ1) is 10.1. The third kappa shape index (κ3) is 5.84. The Morgan fingerprint density at radius 2 is 2.19 bits per heavy atom. The molecule has 0 amide bonds. The summed E-state index contributed by atoms with van der Waals surface area (Å²) in [4.78, 5) is 12.3. The lowest BCUT2D eigenvalue weighted by molar-refractivity contribution is -0.146. The van der Waals surface area contributed by atoms with Crippen LogP contribution in [0.3, 0.4) is 0 Å². The van der Waals surface area contributed by atoms with Gasteiger partial charge in [-0.1, -0.05) is 25.1 Å². The summed E-state index contributed by atoms with van der Waals surface area (Å²) in [5, 5.41) is 0. The van der Waals surface area contributed by atoms with Gasteiger partial charge in [-0.15, -0.1) is 11.8 Å². The molecule has 0 unspecified atom stereocenters. The average molecular weight is 306 g/mol. The van der Waals surface area contributed by atoms with Crippen molar-refractivity contribution >= 4 is 17.7 Å². The molecule has 3 nitrogen and oxygen atoms in total. The van der Waals surface area contributed by atoms with Crippen molar-refractivity contribution in [2.45, 2.75) is 43.8 Å². The van der Waals surface area contributed by atoms with Gasteiger partial charge in [0, 0.05) is 24.0 Å². The summed E-state index contributed by atoms with van der Waals surface area (Å²) >= 11 is 1.87. The highest BCUT2D eigenvalue weighted by Gasteiger charge is 2.23. The molecule has 21 heavy (non-hydrogen) atoms. The molecule has 0 aliphatic carbocycles. The molecule has 0 spiro atoms. The van der Waals surface area contributed by atoms with Gasteiger partial charge in [0.05, 0.1) is 6.26 Å². The Morgan fingerprint density at radius 1 is 1.43 bits per heavy atom. The Balaban J connectivity index is 1.74. The van der Waals surface area contributed by atoms with E-state index in [1.807, 2.05) is 17.8 Å². The van der Waals surface area contributed by atoms with Crippen molar-refractivity contribution in [1.29, 1.82) is 0 Å². The van der Waals surface area contributed by atoms with Crippen LogP contribution in [0.25, 0.3) is 0 Å². The van der Waals surface area contributed by atoms with E-state index in [1.54, 1.807) is 12.3 Å². The quantitative estimate of drug-likeness (QED) is 0.587. The summed E-state index contributed by atoms with van der Waals surface area (Å²) in [6, 6.07) is 10.4. The van der Waals surface area contributed by atoms with Gasteiger partial charge in [0.2, 0.25) is 0 Å². The van der Waals surface area contributed by atoms with Crippen molar-refractivity contribution in [3.05, 3.63) is 42.7 Å². The second kappa shape index (κ2) is 8.13. The van der Waals surface area contributed by atoms with Gasteiger partial charge in [0.1, 0.15) is 12.2 Å². The van der Waals surface area contributed by atoms with Crippen LogP contribution in [0.5, 0.6) is 0 Å². The second-order valence-corrected chi connectivity index (χ2v) is 6.53. The molecule has 0 aromatic heterocycles. The highest BCUT2D eigenvalue weighted by atomic mass is 32.2. The largest absolute Gasteiger partial charge is 0.498 e. The number of thioether (sulfide) groups is 1. The molecule has 1 aromatic rings. The highest BCUT2D eigenvalue weighted by Crippen LogP contribution is 2.25. The maximum absolute atomic E-state index is 11.0. The molecule has 0 radical (unpaired) electrons. The van der Waals surface area contributed by atoms with Gasteiger partial charge in [0.25, 0.3) is 0 Å². The first-order valence-electron chi connectivity index (χ1n) is 7.30. The van der Waals surface area contributed by atoms with Gasteiger partial charge >= 0.3 is 5.97 Å². The van der Waals surface area contributed by atoms with E-state index in [0.29, 0.717) is 5.92 Å². The van der Waals surface area contributed by atoms with E-state index in [0.717, 1.165) is 18.6 Å². The Kier molecular flexibility index (Phi) is 6.18. The third-order valence-electron chi connectivity index (χ3n) is 3.32. The van der Waals surface area contributed by atoms with Gasteiger partial charge < -0.3 is 9.47 Å².